The van der Waals surface area contributed by atoms with E-state index in [9.17, 15) is 0 Å². The number of nitrogens with zero attached hydrogens (tertiary/aromatic N) is 4. The van der Waals surface area contributed by atoms with Gasteiger partial charge in [0.1, 0.15) is 0 Å². The van der Waals surface area contributed by atoms with E-state index in [1.165, 1.54) is 63.1 Å². The summed E-state index contributed by atoms with van der Waals surface area (Å²) in [5, 5.41) is 1.55. The Labute approximate surface area is 157 Å². The molecule has 2 saturated heterocycles. The number of benzene rings is 1. The average molecular weight is 353 g/mol. The van der Waals surface area contributed by atoms with Crippen molar-refractivity contribution in [1.29, 1.82) is 0 Å². The van der Waals surface area contributed by atoms with Crippen LogP contribution in [0.15, 0.2) is 18.2 Å². The molecule has 5 rings (SSSR count). The summed E-state index contributed by atoms with van der Waals surface area (Å²) in [5.41, 5.74) is 6.24. The van der Waals surface area contributed by atoms with E-state index in [2.05, 4.69) is 58.5 Å². The maximum atomic E-state index is 2.69. The normalized spacial score (nSPS) is 27.3. The maximum absolute atomic E-state index is 2.69. The number of aryl methyl sites for hydroxylation is 1. The van der Waals surface area contributed by atoms with Crippen LogP contribution in [-0.4, -0.2) is 72.1 Å². The van der Waals surface area contributed by atoms with Crippen LogP contribution in [0.25, 0.3) is 10.9 Å². The Morgan fingerprint density at radius 2 is 1.81 bits per heavy atom. The Morgan fingerprint density at radius 3 is 2.62 bits per heavy atom. The maximum Gasteiger partial charge on any atom is 0.0489 e. The molecule has 3 aliphatic rings. The van der Waals surface area contributed by atoms with Crippen LogP contribution >= 0.6 is 0 Å². The molecule has 2 bridgehead atoms. The molecular formula is C22H32N4. The summed E-state index contributed by atoms with van der Waals surface area (Å²) in [4.78, 5) is 7.75. The molecule has 0 aliphatic carbocycles. The Balaban J connectivity index is 1.52. The number of fused-ring (bicyclic) bond motifs is 6. The number of hydrogen-bond donors (Lipinski definition) is 0. The third-order valence-electron chi connectivity index (χ3n) is 7.29. The van der Waals surface area contributed by atoms with Gasteiger partial charge in [0, 0.05) is 74.4 Å². The topological polar surface area (TPSA) is 14.7 Å². The second-order valence-corrected chi connectivity index (χ2v) is 8.74. The molecule has 4 heteroatoms. The summed E-state index contributed by atoms with van der Waals surface area (Å²) < 4.78 is 2.69. The van der Waals surface area contributed by atoms with Crippen molar-refractivity contribution in [2.45, 2.75) is 44.8 Å². The highest BCUT2D eigenvalue weighted by molar-refractivity contribution is 5.89. The van der Waals surface area contributed by atoms with Crippen molar-refractivity contribution in [3.63, 3.8) is 0 Å². The van der Waals surface area contributed by atoms with E-state index in [-0.39, 0.29) is 0 Å². The third kappa shape index (κ3) is 2.54. The Kier molecular flexibility index (Phi) is 4.11. The van der Waals surface area contributed by atoms with E-state index < -0.39 is 0 Å². The fourth-order valence-corrected chi connectivity index (χ4v) is 5.64. The molecule has 0 amide bonds. The summed E-state index contributed by atoms with van der Waals surface area (Å²) in [6.45, 7) is 9.47. The Morgan fingerprint density at radius 1 is 1.00 bits per heavy atom. The zero-order valence-electron chi connectivity index (χ0n) is 16.5. The summed E-state index contributed by atoms with van der Waals surface area (Å²) in [7, 11) is 4.58. The van der Waals surface area contributed by atoms with Crippen molar-refractivity contribution in [3.05, 3.63) is 35.0 Å². The van der Waals surface area contributed by atoms with Gasteiger partial charge >= 0.3 is 0 Å². The van der Waals surface area contributed by atoms with Gasteiger partial charge in [0.2, 0.25) is 0 Å². The van der Waals surface area contributed by atoms with Crippen LogP contribution in [0.3, 0.4) is 0 Å². The van der Waals surface area contributed by atoms with E-state index in [0.717, 1.165) is 12.6 Å². The lowest BCUT2D eigenvalue weighted by Gasteiger charge is -2.34. The molecule has 0 spiro atoms. The molecular weight excluding hydrogens is 320 g/mol. The van der Waals surface area contributed by atoms with Gasteiger partial charge in [0.15, 0.2) is 0 Å². The van der Waals surface area contributed by atoms with E-state index in [1.807, 2.05) is 0 Å². The minimum Gasteiger partial charge on any atom is -0.343 e. The minimum atomic E-state index is 0.636. The lowest BCUT2D eigenvalue weighted by molar-refractivity contribution is 0.149. The quantitative estimate of drug-likeness (QED) is 0.844. The molecule has 4 nitrogen and oxygen atoms in total. The van der Waals surface area contributed by atoms with Gasteiger partial charge in [-0.3, -0.25) is 9.80 Å². The highest BCUT2D eigenvalue weighted by Gasteiger charge is 2.41. The van der Waals surface area contributed by atoms with Crippen molar-refractivity contribution in [2.75, 3.05) is 46.8 Å². The molecule has 1 aromatic carbocycles. The van der Waals surface area contributed by atoms with E-state index in [1.54, 1.807) is 16.6 Å². The van der Waals surface area contributed by atoms with E-state index in [4.69, 9.17) is 0 Å². The monoisotopic (exact) mass is 352 g/mol. The molecule has 4 heterocycles. The molecule has 1 aromatic heterocycles. The van der Waals surface area contributed by atoms with Crippen LogP contribution in [0.2, 0.25) is 0 Å². The first-order valence-electron chi connectivity index (χ1n) is 10.4. The van der Waals surface area contributed by atoms with Crippen LogP contribution in [0.5, 0.6) is 0 Å². The number of aromatic nitrogens is 1. The summed E-state index contributed by atoms with van der Waals surface area (Å²) >= 11 is 0. The van der Waals surface area contributed by atoms with Gasteiger partial charge in [-0.1, -0.05) is 12.1 Å². The van der Waals surface area contributed by atoms with Crippen molar-refractivity contribution in [1.82, 2.24) is 19.3 Å². The van der Waals surface area contributed by atoms with E-state index in [0.29, 0.717) is 6.04 Å². The first-order valence-corrected chi connectivity index (χ1v) is 10.4. The standard InChI is InChI=1S/C22H32N4/c1-16-5-4-6-19-21(16)22-18-8-7-17(24(18)3)15-20(22)26(19)14-13-25-11-9-23(2)10-12-25/h4-6,17-18H,7-15H2,1-3H3. The van der Waals surface area contributed by atoms with Gasteiger partial charge < -0.3 is 9.47 Å². The highest BCUT2D eigenvalue weighted by Crippen LogP contribution is 2.47. The predicted molar refractivity (Wildman–Crippen MR) is 108 cm³/mol. The lowest BCUT2D eigenvalue weighted by Crippen LogP contribution is -2.45. The second kappa shape index (κ2) is 6.36. The van der Waals surface area contributed by atoms with Gasteiger partial charge in [-0.05, 0) is 51.1 Å². The number of piperazine rings is 1. The van der Waals surface area contributed by atoms with Gasteiger partial charge in [-0.2, -0.15) is 0 Å². The summed E-state index contributed by atoms with van der Waals surface area (Å²) in [5.74, 6) is 0. The van der Waals surface area contributed by atoms with Gasteiger partial charge in [0.25, 0.3) is 0 Å². The number of hydrogen-bond acceptors (Lipinski definition) is 3. The van der Waals surface area contributed by atoms with Gasteiger partial charge in [0.05, 0.1) is 0 Å². The minimum absolute atomic E-state index is 0.636. The molecule has 2 atom stereocenters. The van der Waals surface area contributed by atoms with Crippen molar-refractivity contribution in [3.8, 4) is 0 Å². The Hall–Kier alpha value is -1.36. The van der Waals surface area contributed by atoms with Crippen LogP contribution in [0.1, 0.15) is 35.7 Å². The van der Waals surface area contributed by atoms with Crippen LogP contribution in [0, 0.1) is 6.92 Å². The van der Waals surface area contributed by atoms with E-state index >= 15 is 0 Å². The van der Waals surface area contributed by atoms with Crippen molar-refractivity contribution < 1.29 is 0 Å². The Bertz CT molecular complexity index is 815. The molecule has 0 saturated carbocycles. The van der Waals surface area contributed by atoms with Gasteiger partial charge in [-0.25, -0.2) is 0 Å². The fourth-order valence-electron chi connectivity index (χ4n) is 5.64. The number of rotatable bonds is 3. The summed E-state index contributed by atoms with van der Waals surface area (Å²) in [6.07, 6.45) is 3.93. The SMILES string of the molecule is Cc1cccc2c1c1c(n2CCN2CCN(C)CC2)CC2CCC1N2C. The third-order valence-corrected chi connectivity index (χ3v) is 7.29. The smallest absolute Gasteiger partial charge is 0.0489 e. The largest absolute Gasteiger partial charge is 0.343 e. The van der Waals surface area contributed by atoms with Crippen molar-refractivity contribution in [2.24, 2.45) is 0 Å². The molecule has 0 N–H and O–H groups in total. The first-order chi connectivity index (χ1) is 12.6. The highest BCUT2D eigenvalue weighted by atomic mass is 15.3. The van der Waals surface area contributed by atoms with Crippen LogP contribution in [0.4, 0.5) is 0 Å². The van der Waals surface area contributed by atoms with Crippen LogP contribution in [-0.2, 0) is 13.0 Å². The first kappa shape index (κ1) is 16.8. The molecule has 140 valence electrons. The average Bonchev–Trinajstić information content (AvgIpc) is 3.06. The second-order valence-electron chi connectivity index (χ2n) is 8.74. The van der Waals surface area contributed by atoms with Crippen LogP contribution < -0.4 is 0 Å². The molecule has 3 aliphatic heterocycles. The molecule has 2 fully saturated rings. The molecule has 26 heavy (non-hydrogen) atoms. The fraction of sp³-hybridized carbons (Fsp3) is 0.636. The zero-order valence-corrected chi connectivity index (χ0v) is 16.5. The number of likely N-dealkylation sites (N-methyl/N-ethyl adjacent to an activating group) is 2. The predicted octanol–water partition coefficient (Wildman–Crippen LogP) is 2.89. The van der Waals surface area contributed by atoms with Gasteiger partial charge in [-0.15, -0.1) is 0 Å². The van der Waals surface area contributed by atoms with Crippen molar-refractivity contribution >= 4 is 10.9 Å². The molecule has 2 unspecified atom stereocenters. The molecule has 2 aromatic rings. The zero-order chi connectivity index (χ0) is 17.8. The lowest BCUT2D eigenvalue weighted by atomic mass is 9.95. The summed E-state index contributed by atoms with van der Waals surface area (Å²) in [6, 6.07) is 8.29. The molecule has 0 radical (unpaired) electrons.